The van der Waals surface area contributed by atoms with Crippen LogP contribution in [0.15, 0.2) is 11.6 Å². The molecule has 1 amide bonds. The highest BCUT2D eigenvalue weighted by atomic mass is 32.1. The first-order valence-corrected chi connectivity index (χ1v) is 5.73. The van der Waals surface area contributed by atoms with E-state index in [0.29, 0.717) is 6.42 Å². The molecule has 0 saturated heterocycles. The molecule has 6 nitrogen and oxygen atoms in total. The highest BCUT2D eigenvalue weighted by molar-refractivity contribution is 7.09. The molecule has 1 rings (SSSR count). The summed E-state index contributed by atoms with van der Waals surface area (Å²) in [5, 5.41) is 19.0. The number of hydrogen-bond acceptors (Lipinski definition) is 5. The number of aromatic nitrogens is 1. The topological polar surface area (TPSA) is 103 Å². The van der Waals surface area contributed by atoms with E-state index >= 15 is 0 Å². The Morgan fingerprint density at radius 3 is 2.94 bits per heavy atom. The Labute approximate surface area is 97.2 Å². The second-order valence-electron chi connectivity index (χ2n) is 3.22. The third-order valence-electron chi connectivity index (χ3n) is 1.98. The van der Waals surface area contributed by atoms with Crippen molar-refractivity contribution < 1.29 is 10.0 Å². The maximum atomic E-state index is 11.2. The molecule has 0 aliphatic heterocycles. The Morgan fingerprint density at radius 1 is 1.62 bits per heavy atom. The van der Waals surface area contributed by atoms with E-state index in [4.69, 9.17) is 16.4 Å². The quantitative estimate of drug-likeness (QED) is 0.235. The van der Waals surface area contributed by atoms with Crippen LogP contribution in [0.3, 0.4) is 0 Å². The van der Waals surface area contributed by atoms with E-state index in [0.717, 1.165) is 17.8 Å². The lowest BCUT2D eigenvalue weighted by Gasteiger charge is -2.11. The lowest BCUT2D eigenvalue weighted by molar-refractivity contribution is -0.149. The summed E-state index contributed by atoms with van der Waals surface area (Å²) in [5.41, 5.74) is 4.95. The van der Waals surface area contributed by atoms with Crippen LogP contribution >= 0.6 is 11.3 Å². The average molecular weight is 242 g/mol. The van der Waals surface area contributed by atoms with E-state index in [1.54, 1.807) is 17.5 Å². The van der Waals surface area contributed by atoms with Crippen LogP contribution in [0.5, 0.6) is 0 Å². The Morgan fingerprint density at radius 2 is 2.38 bits per heavy atom. The third kappa shape index (κ3) is 3.95. The number of rotatable bonds is 5. The van der Waals surface area contributed by atoms with Gasteiger partial charge in [0.15, 0.2) is 0 Å². The summed E-state index contributed by atoms with van der Waals surface area (Å²) in [6.07, 6.45) is 4.22. The van der Waals surface area contributed by atoms with Crippen molar-refractivity contribution in [3.63, 3.8) is 0 Å². The largest absolute Gasteiger partial charge is 0.368 e. The normalized spacial score (nSPS) is 10.1. The van der Waals surface area contributed by atoms with E-state index < -0.39 is 11.9 Å². The minimum Gasteiger partial charge on any atom is -0.368 e. The van der Waals surface area contributed by atoms with E-state index in [1.165, 1.54) is 0 Å². The van der Waals surface area contributed by atoms with Gasteiger partial charge >= 0.3 is 0 Å². The first-order chi connectivity index (χ1) is 7.61. The van der Waals surface area contributed by atoms with E-state index in [1.807, 2.05) is 5.38 Å². The van der Waals surface area contributed by atoms with Gasteiger partial charge in [-0.1, -0.05) is 0 Å². The molecule has 88 valence electrons. The van der Waals surface area contributed by atoms with Gasteiger partial charge in [0.05, 0.1) is 5.01 Å². The number of unbranched alkanes of at least 4 members (excludes halogenated alkanes) is 1. The number of nitrogens with zero attached hydrogens (tertiary/aromatic N) is 2. The lowest BCUT2D eigenvalue weighted by atomic mass is 10.2. The number of carbonyl (C=O) groups is 1. The molecule has 0 aromatic carbocycles. The number of nitrogens with one attached hydrogen (secondary N) is 1. The standard InChI is InChI=1S/C9H14N4O2S/c10-9(11)13(15)8(14)4-2-1-3-7-12-5-6-16-7/h5-6,15H,1-4H2,(H3,10,11). The molecule has 0 unspecified atom stereocenters. The molecule has 0 spiro atoms. The minimum absolute atomic E-state index is 0.170. The Bertz CT molecular complexity index is 352. The van der Waals surface area contributed by atoms with E-state index in [-0.39, 0.29) is 11.5 Å². The van der Waals surface area contributed by atoms with Crippen LogP contribution in [-0.4, -0.2) is 27.1 Å². The summed E-state index contributed by atoms with van der Waals surface area (Å²) in [5.74, 6) is -1.20. The molecule has 1 aromatic heterocycles. The molecular formula is C9H14N4O2S. The zero-order valence-corrected chi connectivity index (χ0v) is 9.54. The fraction of sp³-hybridized carbons (Fsp3) is 0.444. The number of thiazole rings is 1. The molecular weight excluding hydrogens is 228 g/mol. The number of hydrogen-bond donors (Lipinski definition) is 3. The van der Waals surface area contributed by atoms with Crippen molar-refractivity contribution in [2.24, 2.45) is 5.73 Å². The van der Waals surface area contributed by atoms with Gasteiger partial charge in [-0.25, -0.2) is 4.98 Å². The molecule has 0 saturated carbocycles. The monoisotopic (exact) mass is 242 g/mol. The number of hydroxylamine groups is 2. The summed E-state index contributed by atoms with van der Waals surface area (Å²) in [6.45, 7) is 0. The SMILES string of the molecule is N=C(N)N(O)C(=O)CCCCc1nccs1. The molecule has 0 atom stereocenters. The van der Waals surface area contributed by atoms with Crippen LogP contribution in [0.4, 0.5) is 0 Å². The molecule has 4 N–H and O–H groups in total. The van der Waals surface area contributed by atoms with Gasteiger partial charge in [0, 0.05) is 18.0 Å². The number of carbonyl (C=O) groups excluding carboxylic acids is 1. The zero-order chi connectivity index (χ0) is 12.0. The van der Waals surface area contributed by atoms with Crippen LogP contribution < -0.4 is 5.73 Å². The lowest BCUT2D eigenvalue weighted by Crippen LogP contribution is -2.38. The number of aryl methyl sites for hydroxylation is 1. The average Bonchev–Trinajstić information content (AvgIpc) is 2.75. The molecule has 1 aromatic rings. The second kappa shape index (κ2) is 6.19. The van der Waals surface area contributed by atoms with E-state index in [2.05, 4.69) is 4.98 Å². The summed E-state index contributed by atoms with van der Waals surface area (Å²) in [4.78, 5) is 15.3. The maximum absolute atomic E-state index is 11.2. The fourth-order valence-electron chi connectivity index (χ4n) is 1.17. The molecule has 0 aliphatic rings. The third-order valence-corrected chi connectivity index (χ3v) is 2.82. The molecule has 16 heavy (non-hydrogen) atoms. The number of amides is 1. The van der Waals surface area contributed by atoms with Crippen molar-refractivity contribution in [2.45, 2.75) is 25.7 Å². The Hall–Kier alpha value is -1.47. The maximum Gasteiger partial charge on any atom is 0.253 e. The van der Waals surface area contributed by atoms with Crippen LogP contribution in [0.25, 0.3) is 0 Å². The van der Waals surface area contributed by atoms with Crippen LogP contribution in [0, 0.1) is 5.41 Å². The van der Waals surface area contributed by atoms with Gasteiger partial charge in [-0.15, -0.1) is 11.3 Å². The minimum atomic E-state index is -0.648. The smallest absolute Gasteiger partial charge is 0.253 e. The van der Waals surface area contributed by atoms with Gasteiger partial charge in [-0.2, -0.15) is 5.06 Å². The van der Waals surface area contributed by atoms with Crippen molar-refractivity contribution in [1.82, 2.24) is 10.0 Å². The van der Waals surface area contributed by atoms with Crippen molar-refractivity contribution in [2.75, 3.05) is 0 Å². The first kappa shape index (κ1) is 12.6. The van der Waals surface area contributed by atoms with Gasteiger partial charge in [0.2, 0.25) is 5.96 Å². The number of guanidine groups is 1. The van der Waals surface area contributed by atoms with Crippen LogP contribution in [-0.2, 0) is 11.2 Å². The van der Waals surface area contributed by atoms with Gasteiger partial charge in [-0.05, 0) is 19.3 Å². The Kier molecular flexibility index (Phi) is 4.87. The molecule has 1 heterocycles. The van der Waals surface area contributed by atoms with Crippen LogP contribution in [0.2, 0.25) is 0 Å². The molecule has 7 heteroatoms. The van der Waals surface area contributed by atoms with Crippen molar-refractivity contribution >= 4 is 23.2 Å². The number of nitrogens with two attached hydrogens (primary N) is 1. The summed E-state index contributed by atoms with van der Waals surface area (Å²) < 4.78 is 0. The van der Waals surface area contributed by atoms with E-state index in [9.17, 15) is 4.79 Å². The van der Waals surface area contributed by atoms with Crippen molar-refractivity contribution in [3.8, 4) is 0 Å². The van der Waals surface area contributed by atoms with Crippen LogP contribution in [0.1, 0.15) is 24.3 Å². The highest BCUT2D eigenvalue weighted by Crippen LogP contribution is 2.09. The molecule has 0 radical (unpaired) electrons. The van der Waals surface area contributed by atoms with Crippen molar-refractivity contribution in [3.05, 3.63) is 16.6 Å². The van der Waals surface area contributed by atoms with Crippen molar-refractivity contribution in [1.29, 1.82) is 5.41 Å². The summed E-state index contributed by atoms with van der Waals surface area (Å²) >= 11 is 1.58. The van der Waals surface area contributed by atoms with Gasteiger partial charge in [0.25, 0.3) is 5.91 Å². The molecule has 0 aliphatic carbocycles. The molecule has 0 fully saturated rings. The highest BCUT2D eigenvalue weighted by Gasteiger charge is 2.12. The summed E-state index contributed by atoms with van der Waals surface area (Å²) in [6, 6.07) is 0. The summed E-state index contributed by atoms with van der Waals surface area (Å²) in [7, 11) is 0. The zero-order valence-electron chi connectivity index (χ0n) is 8.72. The predicted octanol–water partition coefficient (Wildman–Crippen LogP) is 0.967. The van der Waals surface area contributed by atoms with Gasteiger partial charge in [-0.3, -0.25) is 15.4 Å². The molecule has 0 bridgehead atoms. The fourth-order valence-corrected chi connectivity index (χ4v) is 1.83. The predicted molar refractivity (Wildman–Crippen MR) is 60.2 cm³/mol. The van der Waals surface area contributed by atoms with Gasteiger partial charge < -0.3 is 5.73 Å². The second-order valence-corrected chi connectivity index (χ2v) is 4.20. The first-order valence-electron chi connectivity index (χ1n) is 4.85. The van der Waals surface area contributed by atoms with Gasteiger partial charge in [0.1, 0.15) is 0 Å². The Balaban J connectivity index is 2.16.